The van der Waals surface area contributed by atoms with Gasteiger partial charge in [-0.25, -0.2) is 0 Å². The zero-order valence-electron chi connectivity index (χ0n) is 16.1. The monoisotopic (exact) mass is 411 g/mol. The first-order chi connectivity index (χ1) is 13.9. The highest BCUT2D eigenvalue weighted by Crippen LogP contribution is 2.32. The quantitative estimate of drug-likeness (QED) is 0.713. The first-order valence-corrected chi connectivity index (χ1v) is 9.64. The molecule has 3 rings (SSSR count). The van der Waals surface area contributed by atoms with E-state index in [1.165, 1.54) is 0 Å². The molecule has 3 amide bonds. The summed E-state index contributed by atoms with van der Waals surface area (Å²) in [6, 6.07) is 12.1. The van der Waals surface area contributed by atoms with Crippen LogP contribution in [0.25, 0.3) is 0 Å². The number of nitrogens with one attached hydrogen (secondary N) is 2. The maximum absolute atomic E-state index is 12.8. The topological polar surface area (TPSA) is 78.5 Å². The molecule has 2 aromatic rings. The van der Waals surface area contributed by atoms with Gasteiger partial charge in [-0.3, -0.25) is 14.4 Å². The Hall–Kier alpha value is -3.12. The summed E-state index contributed by atoms with van der Waals surface area (Å²) >= 11 is 6.17. The molecule has 0 bridgehead atoms. The first-order valence-electron chi connectivity index (χ1n) is 9.26. The summed E-state index contributed by atoms with van der Waals surface area (Å²) in [5.41, 5.74) is 2.27. The van der Waals surface area contributed by atoms with Crippen LogP contribution in [0.1, 0.15) is 22.3 Å². The van der Waals surface area contributed by atoms with Crippen LogP contribution in [-0.2, 0) is 9.59 Å². The third kappa shape index (κ3) is 4.49. The predicted molar refractivity (Wildman–Crippen MR) is 114 cm³/mol. The summed E-state index contributed by atoms with van der Waals surface area (Å²) in [7, 11) is 0. The zero-order chi connectivity index (χ0) is 21.0. The molecule has 1 atom stereocenters. The van der Waals surface area contributed by atoms with E-state index in [4.69, 9.17) is 11.6 Å². The van der Waals surface area contributed by atoms with E-state index < -0.39 is 5.92 Å². The molecule has 0 aliphatic carbocycles. The van der Waals surface area contributed by atoms with Gasteiger partial charge < -0.3 is 15.5 Å². The highest BCUT2D eigenvalue weighted by Gasteiger charge is 2.36. The molecule has 150 valence electrons. The highest BCUT2D eigenvalue weighted by atomic mass is 35.5. The van der Waals surface area contributed by atoms with Crippen molar-refractivity contribution in [1.82, 2.24) is 5.32 Å². The Balaban J connectivity index is 1.74. The standard InChI is InChI=1S/C22H22ClN3O3/c1-3-11-24-22(29)16-7-4-5-9-18(16)25-21(28)15-12-20(27)26(13-15)19-10-6-8-17(23)14(19)2/h3-10,15H,1,11-13H2,2H3,(H,24,29)(H,25,28)/t15-/m1/s1. The number of amides is 3. The Kier molecular flexibility index (Phi) is 6.34. The molecule has 1 heterocycles. The minimum Gasteiger partial charge on any atom is -0.349 e. The summed E-state index contributed by atoms with van der Waals surface area (Å²) in [5, 5.41) is 6.07. The van der Waals surface area contributed by atoms with Crippen LogP contribution in [0.15, 0.2) is 55.1 Å². The second-order valence-corrected chi connectivity index (χ2v) is 7.23. The Morgan fingerprint density at radius 2 is 2.00 bits per heavy atom. The van der Waals surface area contributed by atoms with Gasteiger partial charge in [0, 0.05) is 30.2 Å². The molecule has 0 radical (unpaired) electrons. The average molecular weight is 412 g/mol. The van der Waals surface area contributed by atoms with Crippen LogP contribution in [0.4, 0.5) is 11.4 Å². The number of carbonyl (C=O) groups is 3. The van der Waals surface area contributed by atoms with Gasteiger partial charge in [0.05, 0.1) is 17.2 Å². The number of halogens is 1. The molecule has 0 aromatic heterocycles. The number of para-hydroxylation sites is 1. The molecule has 0 unspecified atom stereocenters. The number of hydrogen-bond donors (Lipinski definition) is 2. The number of carbonyl (C=O) groups excluding carboxylic acids is 3. The number of hydrogen-bond acceptors (Lipinski definition) is 3. The number of rotatable bonds is 6. The molecule has 1 saturated heterocycles. The number of benzene rings is 2. The third-order valence-electron chi connectivity index (χ3n) is 4.86. The van der Waals surface area contributed by atoms with Crippen LogP contribution < -0.4 is 15.5 Å². The van der Waals surface area contributed by atoms with Gasteiger partial charge in [0.25, 0.3) is 5.91 Å². The van der Waals surface area contributed by atoms with Crippen LogP contribution in [-0.4, -0.2) is 30.8 Å². The Bertz CT molecular complexity index is 974. The predicted octanol–water partition coefficient (Wildman–Crippen LogP) is 3.56. The highest BCUT2D eigenvalue weighted by molar-refractivity contribution is 6.31. The molecule has 2 aromatic carbocycles. The molecule has 0 spiro atoms. The summed E-state index contributed by atoms with van der Waals surface area (Å²) in [6.45, 7) is 6.00. The normalized spacial score (nSPS) is 15.9. The van der Waals surface area contributed by atoms with Gasteiger partial charge in [0.15, 0.2) is 0 Å². The Morgan fingerprint density at radius 3 is 2.76 bits per heavy atom. The van der Waals surface area contributed by atoms with Crippen molar-refractivity contribution in [3.05, 3.63) is 71.3 Å². The Morgan fingerprint density at radius 1 is 1.24 bits per heavy atom. The lowest BCUT2D eigenvalue weighted by Gasteiger charge is -2.20. The first kappa shape index (κ1) is 20.6. The lowest BCUT2D eigenvalue weighted by Crippen LogP contribution is -2.30. The summed E-state index contributed by atoms with van der Waals surface area (Å²) < 4.78 is 0. The Labute approximate surface area is 174 Å². The fourth-order valence-electron chi connectivity index (χ4n) is 3.29. The SMILES string of the molecule is C=CCNC(=O)c1ccccc1NC(=O)[C@@H]1CC(=O)N(c2cccc(Cl)c2C)C1. The summed E-state index contributed by atoms with van der Waals surface area (Å²) in [5.74, 6) is -1.26. The molecule has 1 fully saturated rings. The zero-order valence-corrected chi connectivity index (χ0v) is 16.8. The van der Waals surface area contributed by atoms with Crippen LogP contribution in [0.2, 0.25) is 5.02 Å². The van der Waals surface area contributed by atoms with Crippen molar-refractivity contribution in [2.24, 2.45) is 5.92 Å². The minimum atomic E-state index is -0.523. The van der Waals surface area contributed by atoms with Crippen LogP contribution >= 0.6 is 11.6 Å². The van der Waals surface area contributed by atoms with E-state index in [0.29, 0.717) is 28.5 Å². The largest absolute Gasteiger partial charge is 0.349 e. The van der Waals surface area contributed by atoms with Gasteiger partial charge in [0.2, 0.25) is 11.8 Å². The molecule has 7 heteroatoms. The fraction of sp³-hybridized carbons (Fsp3) is 0.227. The van der Waals surface area contributed by atoms with E-state index in [-0.39, 0.29) is 30.7 Å². The van der Waals surface area contributed by atoms with Crippen molar-refractivity contribution in [3.8, 4) is 0 Å². The van der Waals surface area contributed by atoms with E-state index in [1.54, 1.807) is 47.4 Å². The van der Waals surface area contributed by atoms with Gasteiger partial charge in [-0.2, -0.15) is 0 Å². The molecule has 29 heavy (non-hydrogen) atoms. The van der Waals surface area contributed by atoms with Gasteiger partial charge in [-0.05, 0) is 36.8 Å². The minimum absolute atomic E-state index is 0.0998. The van der Waals surface area contributed by atoms with E-state index >= 15 is 0 Å². The lowest BCUT2D eigenvalue weighted by atomic mass is 10.1. The van der Waals surface area contributed by atoms with Crippen LogP contribution in [0.3, 0.4) is 0 Å². The van der Waals surface area contributed by atoms with Gasteiger partial charge in [0.1, 0.15) is 0 Å². The maximum Gasteiger partial charge on any atom is 0.253 e. The smallest absolute Gasteiger partial charge is 0.253 e. The lowest BCUT2D eigenvalue weighted by molar-refractivity contribution is -0.122. The molecule has 6 nitrogen and oxygen atoms in total. The molecule has 0 saturated carbocycles. The van der Waals surface area contributed by atoms with E-state index in [9.17, 15) is 14.4 Å². The van der Waals surface area contributed by atoms with Crippen molar-refractivity contribution in [3.63, 3.8) is 0 Å². The van der Waals surface area contributed by atoms with Crippen molar-refractivity contribution in [2.75, 3.05) is 23.3 Å². The van der Waals surface area contributed by atoms with Crippen LogP contribution in [0, 0.1) is 12.8 Å². The molecule has 1 aliphatic heterocycles. The van der Waals surface area contributed by atoms with E-state index in [2.05, 4.69) is 17.2 Å². The van der Waals surface area contributed by atoms with Crippen molar-refractivity contribution < 1.29 is 14.4 Å². The van der Waals surface area contributed by atoms with E-state index in [1.807, 2.05) is 13.0 Å². The van der Waals surface area contributed by atoms with Crippen molar-refractivity contribution in [1.29, 1.82) is 0 Å². The molecule has 1 aliphatic rings. The van der Waals surface area contributed by atoms with Gasteiger partial charge in [-0.15, -0.1) is 6.58 Å². The number of nitrogens with zero attached hydrogens (tertiary/aromatic N) is 1. The van der Waals surface area contributed by atoms with E-state index in [0.717, 1.165) is 5.56 Å². The summed E-state index contributed by atoms with van der Waals surface area (Å²) in [4.78, 5) is 39.2. The fourth-order valence-corrected chi connectivity index (χ4v) is 3.46. The van der Waals surface area contributed by atoms with Crippen LogP contribution in [0.5, 0.6) is 0 Å². The average Bonchev–Trinajstić information content (AvgIpc) is 3.10. The molecule has 2 N–H and O–H groups in total. The molecular weight excluding hydrogens is 390 g/mol. The number of anilines is 2. The maximum atomic E-state index is 12.8. The third-order valence-corrected chi connectivity index (χ3v) is 5.27. The second-order valence-electron chi connectivity index (χ2n) is 6.82. The van der Waals surface area contributed by atoms with Gasteiger partial charge >= 0.3 is 0 Å². The second kappa shape index (κ2) is 8.92. The van der Waals surface area contributed by atoms with Gasteiger partial charge in [-0.1, -0.05) is 35.9 Å². The van der Waals surface area contributed by atoms with Crippen molar-refractivity contribution in [2.45, 2.75) is 13.3 Å². The van der Waals surface area contributed by atoms with Crippen molar-refractivity contribution >= 4 is 40.7 Å². The molecular formula is C22H22ClN3O3. The summed E-state index contributed by atoms with van der Waals surface area (Å²) in [6.07, 6.45) is 1.68.